The molecule has 1 saturated heterocycles. The Balaban J connectivity index is 1.90. The number of nitrogens with zero attached hydrogens (tertiary/aromatic N) is 1. The summed E-state index contributed by atoms with van der Waals surface area (Å²) in [5.41, 5.74) is 0. The Kier molecular flexibility index (Phi) is 4.32. The van der Waals surface area contributed by atoms with Crippen LogP contribution in [0.5, 0.6) is 11.5 Å². The van der Waals surface area contributed by atoms with Gasteiger partial charge in [-0.2, -0.15) is 4.31 Å². The summed E-state index contributed by atoms with van der Waals surface area (Å²) in [5.74, 6) is 1.92. The van der Waals surface area contributed by atoms with E-state index in [1.54, 1.807) is 22.5 Å². The molecule has 2 unspecified atom stereocenters. The van der Waals surface area contributed by atoms with E-state index < -0.39 is 10.0 Å². The lowest BCUT2D eigenvalue weighted by molar-refractivity contribution is 0.222. The zero-order chi connectivity index (χ0) is 15.7. The highest BCUT2D eigenvalue weighted by atomic mass is 32.2. The number of piperidine rings is 1. The minimum Gasteiger partial charge on any atom is -0.490 e. The summed E-state index contributed by atoms with van der Waals surface area (Å²) >= 11 is 0. The quantitative estimate of drug-likeness (QED) is 0.838. The average molecular weight is 325 g/mol. The first kappa shape index (κ1) is 15.6. The second kappa shape index (κ2) is 6.08. The Morgan fingerprint density at radius 3 is 2.36 bits per heavy atom. The number of sulfonamides is 1. The van der Waals surface area contributed by atoms with Crippen molar-refractivity contribution in [3.05, 3.63) is 18.2 Å². The van der Waals surface area contributed by atoms with Gasteiger partial charge < -0.3 is 9.47 Å². The number of ether oxygens (including phenoxy) is 2. The molecule has 22 heavy (non-hydrogen) atoms. The highest BCUT2D eigenvalue weighted by molar-refractivity contribution is 7.89. The van der Waals surface area contributed by atoms with E-state index in [0.29, 0.717) is 49.6 Å². The fourth-order valence-corrected chi connectivity index (χ4v) is 4.95. The molecule has 1 aromatic rings. The van der Waals surface area contributed by atoms with Gasteiger partial charge in [-0.3, -0.25) is 0 Å². The van der Waals surface area contributed by atoms with Crippen molar-refractivity contribution >= 4 is 10.0 Å². The predicted octanol–water partition coefficient (Wildman–Crippen LogP) is 2.51. The topological polar surface area (TPSA) is 55.8 Å². The molecule has 0 bridgehead atoms. The molecule has 0 radical (unpaired) electrons. The van der Waals surface area contributed by atoms with Crippen molar-refractivity contribution in [2.45, 2.75) is 31.6 Å². The van der Waals surface area contributed by atoms with Gasteiger partial charge in [-0.05, 0) is 30.4 Å². The van der Waals surface area contributed by atoms with E-state index in [1.165, 1.54) is 0 Å². The van der Waals surface area contributed by atoms with Crippen molar-refractivity contribution in [3.63, 3.8) is 0 Å². The van der Waals surface area contributed by atoms with Crippen LogP contribution in [0.15, 0.2) is 23.1 Å². The molecule has 0 aliphatic carbocycles. The van der Waals surface area contributed by atoms with Gasteiger partial charge in [0.05, 0.1) is 18.1 Å². The third-order valence-electron chi connectivity index (χ3n) is 4.19. The Bertz CT molecular complexity index is 634. The molecule has 6 heteroatoms. The van der Waals surface area contributed by atoms with Crippen LogP contribution in [0.1, 0.15) is 26.7 Å². The normalized spacial score (nSPS) is 26.5. The molecule has 1 fully saturated rings. The first-order chi connectivity index (χ1) is 10.5. The maximum Gasteiger partial charge on any atom is 0.243 e. The first-order valence-electron chi connectivity index (χ1n) is 7.86. The molecular formula is C16H23NO4S. The van der Waals surface area contributed by atoms with Crippen molar-refractivity contribution in [1.29, 1.82) is 0 Å². The molecule has 0 amide bonds. The van der Waals surface area contributed by atoms with Crippen LogP contribution < -0.4 is 9.47 Å². The zero-order valence-electron chi connectivity index (χ0n) is 13.1. The lowest BCUT2D eigenvalue weighted by Crippen LogP contribution is -2.42. The van der Waals surface area contributed by atoms with Crippen LogP contribution in [0, 0.1) is 11.8 Å². The summed E-state index contributed by atoms with van der Waals surface area (Å²) in [6, 6.07) is 4.91. The number of rotatable bonds is 2. The maximum atomic E-state index is 12.9. The second-order valence-electron chi connectivity index (χ2n) is 6.43. The van der Waals surface area contributed by atoms with Gasteiger partial charge in [-0.25, -0.2) is 8.42 Å². The summed E-state index contributed by atoms with van der Waals surface area (Å²) in [4.78, 5) is 0.290. The van der Waals surface area contributed by atoms with Crippen molar-refractivity contribution in [2.75, 3.05) is 26.3 Å². The van der Waals surface area contributed by atoms with E-state index in [2.05, 4.69) is 13.8 Å². The van der Waals surface area contributed by atoms with Gasteiger partial charge in [0.2, 0.25) is 10.0 Å². The van der Waals surface area contributed by atoms with E-state index in [1.807, 2.05) is 0 Å². The summed E-state index contributed by atoms with van der Waals surface area (Å²) in [6.45, 7) is 6.52. The van der Waals surface area contributed by atoms with Crippen LogP contribution in [0.3, 0.4) is 0 Å². The predicted molar refractivity (Wildman–Crippen MR) is 83.8 cm³/mol. The number of fused-ring (bicyclic) bond motifs is 1. The third kappa shape index (κ3) is 3.08. The monoisotopic (exact) mass is 325 g/mol. The zero-order valence-corrected chi connectivity index (χ0v) is 13.9. The highest BCUT2D eigenvalue weighted by Crippen LogP contribution is 2.34. The summed E-state index contributed by atoms with van der Waals surface area (Å²) in [5, 5.41) is 0. The first-order valence-corrected chi connectivity index (χ1v) is 9.30. The number of hydrogen-bond acceptors (Lipinski definition) is 4. The van der Waals surface area contributed by atoms with Gasteiger partial charge in [0, 0.05) is 25.6 Å². The molecule has 0 N–H and O–H groups in total. The molecule has 3 rings (SSSR count). The van der Waals surface area contributed by atoms with Gasteiger partial charge in [-0.15, -0.1) is 0 Å². The van der Waals surface area contributed by atoms with Crippen molar-refractivity contribution in [1.82, 2.24) is 4.31 Å². The lowest BCUT2D eigenvalue weighted by atomic mass is 9.94. The molecule has 0 spiro atoms. The van der Waals surface area contributed by atoms with E-state index in [4.69, 9.17) is 9.47 Å². The largest absolute Gasteiger partial charge is 0.490 e. The van der Waals surface area contributed by atoms with E-state index in [-0.39, 0.29) is 4.90 Å². The van der Waals surface area contributed by atoms with Crippen LogP contribution in [0.2, 0.25) is 0 Å². The summed E-state index contributed by atoms with van der Waals surface area (Å²) < 4.78 is 38.5. The van der Waals surface area contributed by atoms with Crippen LogP contribution >= 0.6 is 0 Å². The fraction of sp³-hybridized carbons (Fsp3) is 0.625. The van der Waals surface area contributed by atoms with Crippen molar-refractivity contribution in [3.8, 4) is 11.5 Å². The molecule has 2 aliphatic heterocycles. The van der Waals surface area contributed by atoms with Gasteiger partial charge in [0.1, 0.15) is 0 Å². The standard InChI is InChI=1S/C16H23NO4S/c1-12-8-13(2)11-17(10-12)22(18,19)14-4-5-15-16(9-14)21-7-3-6-20-15/h4-5,9,12-13H,3,6-8,10-11H2,1-2H3. The average Bonchev–Trinajstić information content (AvgIpc) is 2.70. The van der Waals surface area contributed by atoms with Gasteiger partial charge in [0.15, 0.2) is 11.5 Å². The molecule has 2 aliphatic rings. The van der Waals surface area contributed by atoms with Gasteiger partial charge >= 0.3 is 0 Å². The van der Waals surface area contributed by atoms with Crippen LogP contribution in [0.4, 0.5) is 0 Å². The van der Waals surface area contributed by atoms with Crippen LogP contribution in [-0.4, -0.2) is 39.0 Å². The minimum absolute atomic E-state index is 0.290. The van der Waals surface area contributed by atoms with Crippen LogP contribution in [-0.2, 0) is 10.0 Å². The molecule has 0 aromatic heterocycles. The Hall–Kier alpha value is -1.27. The summed E-state index contributed by atoms with van der Waals surface area (Å²) in [7, 11) is -3.48. The molecule has 2 atom stereocenters. The van der Waals surface area contributed by atoms with Gasteiger partial charge in [0.25, 0.3) is 0 Å². The third-order valence-corrected chi connectivity index (χ3v) is 6.02. The number of benzene rings is 1. The van der Waals surface area contributed by atoms with Gasteiger partial charge in [-0.1, -0.05) is 13.8 Å². The molecule has 2 heterocycles. The lowest BCUT2D eigenvalue weighted by Gasteiger charge is -2.34. The van der Waals surface area contributed by atoms with E-state index in [9.17, 15) is 8.42 Å². The Labute approximate surface area is 132 Å². The molecule has 5 nitrogen and oxygen atoms in total. The Morgan fingerprint density at radius 1 is 1.05 bits per heavy atom. The molecule has 122 valence electrons. The van der Waals surface area contributed by atoms with E-state index >= 15 is 0 Å². The second-order valence-corrected chi connectivity index (χ2v) is 8.37. The minimum atomic E-state index is -3.48. The highest BCUT2D eigenvalue weighted by Gasteiger charge is 2.32. The Morgan fingerprint density at radius 2 is 1.68 bits per heavy atom. The van der Waals surface area contributed by atoms with Crippen LogP contribution in [0.25, 0.3) is 0 Å². The molecule has 0 saturated carbocycles. The van der Waals surface area contributed by atoms with Crippen molar-refractivity contribution < 1.29 is 17.9 Å². The molecular weight excluding hydrogens is 302 g/mol. The fourth-order valence-electron chi connectivity index (χ4n) is 3.26. The smallest absolute Gasteiger partial charge is 0.243 e. The number of hydrogen-bond donors (Lipinski definition) is 0. The molecule has 1 aromatic carbocycles. The summed E-state index contributed by atoms with van der Waals surface area (Å²) in [6.07, 6.45) is 1.88. The maximum absolute atomic E-state index is 12.9. The SMILES string of the molecule is CC1CC(C)CN(S(=O)(=O)c2ccc3c(c2)OCCCO3)C1. The van der Waals surface area contributed by atoms with E-state index in [0.717, 1.165) is 12.8 Å². The van der Waals surface area contributed by atoms with Crippen molar-refractivity contribution in [2.24, 2.45) is 11.8 Å².